The summed E-state index contributed by atoms with van der Waals surface area (Å²) in [7, 11) is 0. The summed E-state index contributed by atoms with van der Waals surface area (Å²) >= 11 is 0. The Balaban J connectivity index is 1.81. The van der Waals surface area contributed by atoms with Crippen molar-refractivity contribution in [3.05, 3.63) is 0 Å². The molecule has 1 saturated heterocycles. The Bertz CT molecular complexity index is 291. The van der Waals surface area contributed by atoms with Crippen molar-refractivity contribution >= 4 is 5.91 Å². The first-order valence-electron chi connectivity index (χ1n) is 8.67. The third-order valence-corrected chi connectivity index (χ3v) is 4.87. The topological polar surface area (TPSA) is 32.3 Å². The molecule has 1 saturated carbocycles. The highest BCUT2D eigenvalue weighted by Gasteiger charge is 2.27. The number of rotatable bonds is 6. The molecule has 2 aliphatic rings. The van der Waals surface area contributed by atoms with E-state index in [-0.39, 0.29) is 0 Å². The third kappa shape index (κ3) is 4.76. The Kier molecular flexibility index (Phi) is 6.34. The van der Waals surface area contributed by atoms with E-state index >= 15 is 0 Å². The fourth-order valence-corrected chi connectivity index (χ4v) is 3.71. The number of carbonyl (C=O) groups is 1. The molecule has 1 aliphatic carbocycles. The summed E-state index contributed by atoms with van der Waals surface area (Å²) < 4.78 is 0. The van der Waals surface area contributed by atoms with Gasteiger partial charge in [0.25, 0.3) is 0 Å². The van der Waals surface area contributed by atoms with Crippen molar-refractivity contribution in [1.29, 1.82) is 0 Å². The lowest BCUT2D eigenvalue weighted by Gasteiger charge is -2.31. The van der Waals surface area contributed by atoms with E-state index in [0.717, 1.165) is 38.4 Å². The normalized spacial score (nSPS) is 21.6. The molecule has 0 unspecified atom stereocenters. The molecule has 0 aromatic carbocycles. The molecule has 1 aliphatic heterocycles. The van der Waals surface area contributed by atoms with Crippen molar-refractivity contribution in [1.82, 2.24) is 10.2 Å². The molecular weight excluding hydrogens is 248 g/mol. The second-order valence-corrected chi connectivity index (χ2v) is 7.11. The first-order chi connectivity index (χ1) is 9.66. The van der Waals surface area contributed by atoms with Gasteiger partial charge in [-0.15, -0.1) is 0 Å². The zero-order valence-electron chi connectivity index (χ0n) is 13.4. The van der Waals surface area contributed by atoms with E-state index in [4.69, 9.17) is 0 Å². The maximum atomic E-state index is 12.6. The van der Waals surface area contributed by atoms with E-state index in [1.807, 2.05) is 0 Å². The van der Waals surface area contributed by atoms with Gasteiger partial charge >= 0.3 is 0 Å². The molecule has 0 bridgehead atoms. The van der Waals surface area contributed by atoms with Gasteiger partial charge in [0.2, 0.25) is 5.91 Å². The van der Waals surface area contributed by atoms with Crippen molar-refractivity contribution in [2.45, 2.75) is 71.3 Å². The SMILES string of the molecule is CC(C)CN(C(=O)CCC1CCNCC1)C1CCCC1. The predicted octanol–water partition coefficient (Wildman–Crippen LogP) is 3.19. The van der Waals surface area contributed by atoms with Crippen molar-refractivity contribution in [3.8, 4) is 0 Å². The van der Waals surface area contributed by atoms with Crippen LogP contribution in [0.3, 0.4) is 0 Å². The minimum absolute atomic E-state index is 0.420. The third-order valence-electron chi connectivity index (χ3n) is 4.87. The molecule has 3 heteroatoms. The van der Waals surface area contributed by atoms with E-state index in [0.29, 0.717) is 17.9 Å². The second kappa shape index (κ2) is 8.02. The van der Waals surface area contributed by atoms with Gasteiger partial charge in [-0.3, -0.25) is 4.79 Å². The number of hydrogen-bond donors (Lipinski definition) is 1. The van der Waals surface area contributed by atoms with Crippen LogP contribution in [-0.4, -0.2) is 36.5 Å². The molecule has 0 atom stereocenters. The van der Waals surface area contributed by atoms with Crippen LogP contribution in [0.25, 0.3) is 0 Å². The number of nitrogens with zero attached hydrogens (tertiary/aromatic N) is 1. The van der Waals surface area contributed by atoms with Crippen molar-refractivity contribution in [2.24, 2.45) is 11.8 Å². The van der Waals surface area contributed by atoms with Crippen LogP contribution in [0, 0.1) is 11.8 Å². The first-order valence-corrected chi connectivity index (χ1v) is 8.67. The molecule has 0 spiro atoms. The van der Waals surface area contributed by atoms with Gasteiger partial charge in [0, 0.05) is 19.0 Å². The lowest BCUT2D eigenvalue weighted by molar-refractivity contribution is -0.134. The fourth-order valence-electron chi connectivity index (χ4n) is 3.71. The second-order valence-electron chi connectivity index (χ2n) is 7.11. The lowest BCUT2D eigenvalue weighted by atomic mass is 9.93. The minimum atomic E-state index is 0.420. The molecule has 3 nitrogen and oxygen atoms in total. The number of hydrogen-bond acceptors (Lipinski definition) is 2. The smallest absolute Gasteiger partial charge is 0.222 e. The van der Waals surface area contributed by atoms with E-state index in [9.17, 15) is 4.79 Å². The first kappa shape index (κ1) is 15.8. The molecule has 1 amide bonds. The van der Waals surface area contributed by atoms with Gasteiger partial charge in [-0.05, 0) is 57.0 Å². The Morgan fingerprint density at radius 3 is 2.40 bits per heavy atom. The summed E-state index contributed by atoms with van der Waals surface area (Å²) in [6.45, 7) is 7.67. The molecule has 1 N–H and O–H groups in total. The van der Waals surface area contributed by atoms with E-state index in [2.05, 4.69) is 24.1 Å². The van der Waals surface area contributed by atoms with Crippen molar-refractivity contribution in [3.63, 3.8) is 0 Å². The summed E-state index contributed by atoms with van der Waals surface area (Å²) in [6.07, 6.45) is 9.44. The molecule has 116 valence electrons. The van der Waals surface area contributed by atoms with Gasteiger partial charge in [-0.1, -0.05) is 26.7 Å². The zero-order chi connectivity index (χ0) is 14.4. The van der Waals surface area contributed by atoms with Crippen LogP contribution in [0.2, 0.25) is 0 Å². The van der Waals surface area contributed by atoms with E-state index in [1.54, 1.807) is 0 Å². The molecule has 2 fully saturated rings. The highest BCUT2D eigenvalue weighted by atomic mass is 16.2. The molecule has 0 aromatic rings. The summed E-state index contributed by atoms with van der Waals surface area (Å²) in [5.74, 6) is 1.77. The quantitative estimate of drug-likeness (QED) is 0.810. The molecule has 0 radical (unpaired) electrons. The number of carbonyl (C=O) groups excluding carboxylic acids is 1. The number of amides is 1. The maximum Gasteiger partial charge on any atom is 0.222 e. The maximum absolute atomic E-state index is 12.6. The van der Waals surface area contributed by atoms with Gasteiger partial charge < -0.3 is 10.2 Å². The van der Waals surface area contributed by atoms with Crippen LogP contribution in [-0.2, 0) is 4.79 Å². The number of piperidine rings is 1. The van der Waals surface area contributed by atoms with Crippen LogP contribution in [0.1, 0.15) is 65.2 Å². The summed E-state index contributed by atoms with van der Waals surface area (Å²) in [6, 6.07) is 0.540. The largest absolute Gasteiger partial charge is 0.339 e. The van der Waals surface area contributed by atoms with E-state index in [1.165, 1.54) is 38.5 Å². The van der Waals surface area contributed by atoms with E-state index < -0.39 is 0 Å². The highest BCUT2D eigenvalue weighted by Crippen LogP contribution is 2.26. The Labute approximate surface area is 124 Å². The lowest BCUT2D eigenvalue weighted by Crippen LogP contribution is -2.41. The van der Waals surface area contributed by atoms with Gasteiger partial charge in [0.15, 0.2) is 0 Å². The van der Waals surface area contributed by atoms with Gasteiger partial charge in [-0.25, -0.2) is 0 Å². The van der Waals surface area contributed by atoms with Gasteiger partial charge in [0.05, 0.1) is 0 Å². The van der Waals surface area contributed by atoms with Crippen LogP contribution in [0.5, 0.6) is 0 Å². The molecule has 2 rings (SSSR count). The monoisotopic (exact) mass is 280 g/mol. The average molecular weight is 280 g/mol. The van der Waals surface area contributed by atoms with Crippen LogP contribution < -0.4 is 5.32 Å². The molecule has 1 heterocycles. The summed E-state index contributed by atoms with van der Waals surface area (Å²) in [5, 5.41) is 3.40. The predicted molar refractivity (Wildman–Crippen MR) is 83.6 cm³/mol. The van der Waals surface area contributed by atoms with Crippen molar-refractivity contribution in [2.75, 3.05) is 19.6 Å². The Hall–Kier alpha value is -0.570. The number of nitrogens with one attached hydrogen (secondary N) is 1. The van der Waals surface area contributed by atoms with Crippen LogP contribution in [0.15, 0.2) is 0 Å². The molecule has 20 heavy (non-hydrogen) atoms. The van der Waals surface area contributed by atoms with Gasteiger partial charge in [-0.2, -0.15) is 0 Å². The highest BCUT2D eigenvalue weighted by molar-refractivity contribution is 5.76. The summed E-state index contributed by atoms with van der Waals surface area (Å²) in [5.41, 5.74) is 0. The van der Waals surface area contributed by atoms with Crippen LogP contribution in [0.4, 0.5) is 0 Å². The summed E-state index contributed by atoms with van der Waals surface area (Å²) in [4.78, 5) is 14.8. The Morgan fingerprint density at radius 2 is 1.80 bits per heavy atom. The standard InChI is InChI=1S/C17H32N2O/c1-14(2)13-19(16-5-3-4-6-16)17(20)8-7-15-9-11-18-12-10-15/h14-16,18H,3-13H2,1-2H3. The van der Waals surface area contributed by atoms with Crippen molar-refractivity contribution < 1.29 is 4.79 Å². The minimum Gasteiger partial charge on any atom is -0.339 e. The zero-order valence-corrected chi connectivity index (χ0v) is 13.4. The molecule has 0 aromatic heterocycles. The van der Waals surface area contributed by atoms with Gasteiger partial charge in [0.1, 0.15) is 0 Å². The molecular formula is C17H32N2O. The Morgan fingerprint density at radius 1 is 1.15 bits per heavy atom. The average Bonchev–Trinajstić information content (AvgIpc) is 2.97. The fraction of sp³-hybridized carbons (Fsp3) is 0.941. The van der Waals surface area contributed by atoms with Crippen LogP contribution >= 0.6 is 0 Å².